The van der Waals surface area contributed by atoms with Crippen LogP contribution in [0.2, 0.25) is 10.0 Å². The number of halogens is 2. The normalized spacial score (nSPS) is 21.8. The number of carbonyl (C=O) groups excluding carboxylic acids is 1. The van der Waals surface area contributed by atoms with E-state index in [1.54, 1.807) is 12.1 Å². The van der Waals surface area contributed by atoms with Crippen LogP contribution in [0.4, 0.5) is 5.95 Å². The topological polar surface area (TPSA) is 70.2 Å². The Hall–Kier alpha value is -1.50. The second kappa shape index (κ2) is 7.02. The second-order valence-electron chi connectivity index (χ2n) is 6.67. The van der Waals surface area contributed by atoms with Crippen LogP contribution in [0.25, 0.3) is 11.0 Å². The highest BCUT2D eigenvalue weighted by molar-refractivity contribution is 6.42. The van der Waals surface area contributed by atoms with Gasteiger partial charge in [0, 0.05) is 25.6 Å². The molecule has 0 aliphatic carbocycles. The van der Waals surface area contributed by atoms with Crippen LogP contribution in [0.1, 0.15) is 19.3 Å². The monoisotopic (exact) mass is 382 g/mol. The van der Waals surface area contributed by atoms with Crippen LogP contribution in [-0.4, -0.2) is 48.2 Å². The van der Waals surface area contributed by atoms with Gasteiger partial charge in [0.15, 0.2) is 0 Å². The molecule has 25 heavy (non-hydrogen) atoms. The van der Waals surface area contributed by atoms with E-state index >= 15 is 0 Å². The van der Waals surface area contributed by atoms with E-state index in [9.17, 15) is 4.79 Å². The fourth-order valence-electron chi connectivity index (χ4n) is 3.46. The summed E-state index contributed by atoms with van der Waals surface area (Å²) in [6.45, 7) is 2.96. The number of fused-ring (bicyclic) bond motifs is 1. The SMILES string of the molecule is O=C(N[C@@H]1CCOC1)C1CCN(c2nc3cc(Cl)c(Cl)cc3[nH]2)CC1. The summed E-state index contributed by atoms with van der Waals surface area (Å²) in [5, 5.41) is 4.11. The lowest BCUT2D eigenvalue weighted by atomic mass is 9.95. The fourth-order valence-corrected chi connectivity index (χ4v) is 3.78. The number of anilines is 1. The fraction of sp³-hybridized carbons (Fsp3) is 0.529. The molecule has 2 aliphatic heterocycles. The first-order valence-electron chi connectivity index (χ1n) is 8.58. The smallest absolute Gasteiger partial charge is 0.223 e. The van der Waals surface area contributed by atoms with Crippen molar-refractivity contribution in [3.05, 3.63) is 22.2 Å². The predicted molar refractivity (Wildman–Crippen MR) is 98.4 cm³/mol. The molecule has 2 aliphatic rings. The van der Waals surface area contributed by atoms with Gasteiger partial charge in [-0.1, -0.05) is 23.2 Å². The van der Waals surface area contributed by atoms with Crippen molar-refractivity contribution in [3.8, 4) is 0 Å². The van der Waals surface area contributed by atoms with Gasteiger partial charge in [-0.25, -0.2) is 4.98 Å². The Morgan fingerprint density at radius 2 is 2.00 bits per heavy atom. The van der Waals surface area contributed by atoms with Crippen molar-refractivity contribution < 1.29 is 9.53 Å². The lowest BCUT2D eigenvalue weighted by Crippen LogP contribution is -2.44. The van der Waals surface area contributed by atoms with Crippen LogP contribution < -0.4 is 10.2 Å². The number of piperidine rings is 1. The first-order chi connectivity index (χ1) is 12.1. The summed E-state index contributed by atoms with van der Waals surface area (Å²) < 4.78 is 5.31. The number of nitrogens with zero attached hydrogens (tertiary/aromatic N) is 2. The molecule has 1 amide bonds. The average molecular weight is 383 g/mol. The molecule has 2 N–H and O–H groups in total. The van der Waals surface area contributed by atoms with Gasteiger partial charge in [0.2, 0.25) is 11.9 Å². The Morgan fingerprint density at radius 1 is 1.24 bits per heavy atom. The molecule has 1 aromatic heterocycles. The van der Waals surface area contributed by atoms with Crippen molar-refractivity contribution >= 4 is 46.1 Å². The summed E-state index contributed by atoms with van der Waals surface area (Å²) in [6, 6.07) is 3.73. The first-order valence-corrected chi connectivity index (χ1v) is 9.33. The van der Waals surface area contributed by atoms with Crippen LogP contribution in [0.3, 0.4) is 0 Å². The Bertz CT molecular complexity index is 741. The maximum absolute atomic E-state index is 12.4. The zero-order chi connectivity index (χ0) is 17.4. The molecule has 2 aromatic rings. The third-order valence-electron chi connectivity index (χ3n) is 4.95. The molecule has 0 radical (unpaired) electrons. The number of aromatic amines is 1. The third kappa shape index (κ3) is 3.57. The first kappa shape index (κ1) is 16.9. The number of aromatic nitrogens is 2. The number of nitrogens with one attached hydrogen (secondary N) is 2. The minimum Gasteiger partial charge on any atom is -0.379 e. The number of rotatable bonds is 3. The van der Waals surface area contributed by atoms with Crippen molar-refractivity contribution in [1.82, 2.24) is 15.3 Å². The van der Waals surface area contributed by atoms with Crippen LogP contribution in [0, 0.1) is 5.92 Å². The van der Waals surface area contributed by atoms with Crippen LogP contribution >= 0.6 is 23.2 Å². The number of ether oxygens (including phenoxy) is 1. The van der Waals surface area contributed by atoms with E-state index in [-0.39, 0.29) is 17.9 Å². The number of amides is 1. The predicted octanol–water partition coefficient (Wildman–Crippen LogP) is 2.99. The molecule has 2 saturated heterocycles. The average Bonchev–Trinajstić information content (AvgIpc) is 3.25. The van der Waals surface area contributed by atoms with Crippen molar-refractivity contribution in [3.63, 3.8) is 0 Å². The van der Waals surface area contributed by atoms with Crippen LogP contribution in [0.5, 0.6) is 0 Å². The van der Waals surface area contributed by atoms with Gasteiger partial charge in [0.25, 0.3) is 0 Å². The Kier molecular flexibility index (Phi) is 4.75. The van der Waals surface area contributed by atoms with E-state index in [0.29, 0.717) is 16.7 Å². The van der Waals surface area contributed by atoms with Crippen LogP contribution in [0.15, 0.2) is 12.1 Å². The van der Waals surface area contributed by atoms with Gasteiger partial charge in [-0.3, -0.25) is 4.79 Å². The second-order valence-corrected chi connectivity index (χ2v) is 7.49. The largest absolute Gasteiger partial charge is 0.379 e. The van der Waals surface area contributed by atoms with Gasteiger partial charge < -0.3 is 19.9 Å². The van der Waals surface area contributed by atoms with Crippen molar-refractivity contribution in [2.75, 3.05) is 31.2 Å². The maximum atomic E-state index is 12.4. The number of benzene rings is 1. The standard InChI is InChI=1S/C17H20Cl2N4O2/c18-12-7-14-15(8-13(12)19)22-17(21-14)23-4-1-10(2-5-23)16(24)20-11-3-6-25-9-11/h7-8,10-11H,1-6,9H2,(H,20,24)(H,21,22)/t11-/m1/s1. The van der Waals surface area contributed by atoms with Gasteiger partial charge in [-0.05, 0) is 31.4 Å². The summed E-state index contributed by atoms with van der Waals surface area (Å²) in [4.78, 5) is 22.4. The summed E-state index contributed by atoms with van der Waals surface area (Å²) in [6.07, 6.45) is 2.55. The highest BCUT2D eigenvalue weighted by Gasteiger charge is 2.28. The van der Waals surface area contributed by atoms with Gasteiger partial charge in [0.05, 0.1) is 33.7 Å². The molecular weight excluding hydrogens is 363 g/mol. The molecule has 0 unspecified atom stereocenters. The highest BCUT2D eigenvalue weighted by atomic mass is 35.5. The molecule has 1 aromatic carbocycles. The van der Waals surface area contributed by atoms with Gasteiger partial charge >= 0.3 is 0 Å². The lowest BCUT2D eigenvalue weighted by molar-refractivity contribution is -0.126. The van der Waals surface area contributed by atoms with Crippen molar-refractivity contribution in [2.45, 2.75) is 25.3 Å². The van der Waals surface area contributed by atoms with Crippen molar-refractivity contribution in [1.29, 1.82) is 0 Å². The van der Waals surface area contributed by atoms with Gasteiger partial charge in [-0.15, -0.1) is 0 Å². The molecule has 0 spiro atoms. The van der Waals surface area contributed by atoms with E-state index in [2.05, 4.69) is 20.2 Å². The zero-order valence-corrected chi connectivity index (χ0v) is 15.2. The Balaban J connectivity index is 1.39. The summed E-state index contributed by atoms with van der Waals surface area (Å²) in [7, 11) is 0. The lowest BCUT2D eigenvalue weighted by Gasteiger charge is -2.31. The van der Waals surface area contributed by atoms with E-state index in [1.807, 2.05) is 0 Å². The molecule has 3 heterocycles. The molecule has 2 fully saturated rings. The molecule has 1 atom stereocenters. The number of hydrogen-bond donors (Lipinski definition) is 2. The highest BCUT2D eigenvalue weighted by Crippen LogP contribution is 2.29. The van der Waals surface area contributed by atoms with E-state index in [1.165, 1.54) is 0 Å². The maximum Gasteiger partial charge on any atom is 0.223 e. The zero-order valence-electron chi connectivity index (χ0n) is 13.7. The number of H-pyrrole nitrogens is 1. The van der Waals surface area contributed by atoms with Gasteiger partial charge in [0.1, 0.15) is 0 Å². The quantitative estimate of drug-likeness (QED) is 0.855. The third-order valence-corrected chi connectivity index (χ3v) is 5.67. The number of carbonyl (C=O) groups is 1. The summed E-state index contributed by atoms with van der Waals surface area (Å²) >= 11 is 12.1. The van der Waals surface area contributed by atoms with Crippen LogP contribution in [-0.2, 0) is 9.53 Å². The minimum absolute atomic E-state index is 0.0603. The van der Waals surface area contributed by atoms with E-state index < -0.39 is 0 Å². The van der Waals surface area contributed by atoms with E-state index in [0.717, 1.165) is 55.9 Å². The molecule has 0 saturated carbocycles. The molecule has 4 rings (SSSR count). The summed E-state index contributed by atoms with van der Waals surface area (Å²) in [5.74, 6) is 1.01. The summed E-state index contributed by atoms with van der Waals surface area (Å²) in [5.41, 5.74) is 1.66. The minimum atomic E-state index is 0.0603. The van der Waals surface area contributed by atoms with E-state index in [4.69, 9.17) is 27.9 Å². The van der Waals surface area contributed by atoms with Gasteiger partial charge in [-0.2, -0.15) is 0 Å². The molecular formula is C17H20Cl2N4O2. The molecule has 8 heteroatoms. The molecule has 6 nitrogen and oxygen atoms in total. The Labute approximate surface area is 155 Å². The Morgan fingerprint density at radius 3 is 2.72 bits per heavy atom. The van der Waals surface area contributed by atoms with Crippen molar-refractivity contribution in [2.24, 2.45) is 5.92 Å². The molecule has 0 bridgehead atoms. The number of hydrogen-bond acceptors (Lipinski definition) is 4. The number of imidazole rings is 1. The molecule has 134 valence electrons.